The first-order valence-corrected chi connectivity index (χ1v) is 5.67. The van der Waals surface area contributed by atoms with Crippen molar-refractivity contribution in [2.45, 2.75) is 6.42 Å². The lowest BCUT2D eigenvalue weighted by atomic mass is 9.93. The summed E-state index contributed by atoms with van der Waals surface area (Å²) < 4.78 is 10.5. The van der Waals surface area contributed by atoms with Crippen LogP contribution >= 0.6 is 0 Å². The summed E-state index contributed by atoms with van der Waals surface area (Å²) in [6, 6.07) is 5.36. The van der Waals surface area contributed by atoms with Gasteiger partial charge in [-0.25, -0.2) is 0 Å². The van der Waals surface area contributed by atoms with Gasteiger partial charge in [0.1, 0.15) is 0 Å². The molecule has 1 unspecified atom stereocenters. The quantitative estimate of drug-likeness (QED) is 0.787. The summed E-state index contributed by atoms with van der Waals surface area (Å²) in [5, 5.41) is 3.08. The normalized spacial score (nSPS) is 21.1. The summed E-state index contributed by atoms with van der Waals surface area (Å²) in [4.78, 5) is 12.2. The number of carbonyl (C=O) groups is 1. The fourth-order valence-electron chi connectivity index (χ4n) is 2.09. The zero-order valence-corrected chi connectivity index (χ0v) is 9.31. The first-order chi connectivity index (χ1) is 8.34. The molecule has 0 saturated heterocycles. The monoisotopic (exact) mass is 231 g/mol. The SMILES string of the molecule is O=C(c1ccc2c(c1)OCO2)C1CC=CNC1. The number of fused-ring (bicyclic) bond motifs is 1. The molecule has 0 bridgehead atoms. The molecule has 0 fully saturated rings. The highest BCUT2D eigenvalue weighted by molar-refractivity contribution is 5.98. The molecule has 1 N–H and O–H groups in total. The van der Waals surface area contributed by atoms with Gasteiger partial charge in [-0.15, -0.1) is 0 Å². The van der Waals surface area contributed by atoms with Crippen molar-refractivity contribution in [1.29, 1.82) is 0 Å². The first kappa shape index (κ1) is 10.2. The van der Waals surface area contributed by atoms with Crippen molar-refractivity contribution >= 4 is 5.78 Å². The molecular weight excluding hydrogens is 218 g/mol. The summed E-state index contributed by atoms with van der Waals surface area (Å²) in [6.45, 7) is 0.935. The van der Waals surface area contributed by atoms with Gasteiger partial charge in [0.15, 0.2) is 17.3 Å². The maximum Gasteiger partial charge on any atom is 0.231 e. The second kappa shape index (κ2) is 4.13. The van der Waals surface area contributed by atoms with Crippen LogP contribution in [0.15, 0.2) is 30.5 Å². The van der Waals surface area contributed by atoms with Crippen molar-refractivity contribution in [3.8, 4) is 11.5 Å². The number of nitrogens with one attached hydrogen (secondary N) is 1. The molecule has 0 aliphatic carbocycles. The van der Waals surface area contributed by atoms with Gasteiger partial charge in [-0.2, -0.15) is 0 Å². The number of hydrogen-bond donors (Lipinski definition) is 1. The van der Waals surface area contributed by atoms with Gasteiger partial charge in [-0.05, 0) is 30.8 Å². The lowest BCUT2D eigenvalue weighted by Crippen LogP contribution is -2.28. The molecule has 0 amide bonds. The van der Waals surface area contributed by atoms with E-state index < -0.39 is 0 Å². The van der Waals surface area contributed by atoms with Gasteiger partial charge in [0.05, 0.1) is 0 Å². The van der Waals surface area contributed by atoms with E-state index in [0.29, 0.717) is 23.6 Å². The lowest BCUT2D eigenvalue weighted by molar-refractivity contribution is 0.0918. The van der Waals surface area contributed by atoms with E-state index >= 15 is 0 Å². The summed E-state index contributed by atoms with van der Waals surface area (Å²) in [6.07, 6.45) is 4.67. The van der Waals surface area contributed by atoms with Gasteiger partial charge in [-0.3, -0.25) is 4.79 Å². The molecule has 0 saturated carbocycles. The van der Waals surface area contributed by atoms with Crippen LogP contribution in [0.25, 0.3) is 0 Å². The number of Topliss-reactive ketones (excluding diaryl/α,β-unsaturated/α-hetero) is 1. The molecule has 0 spiro atoms. The van der Waals surface area contributed by atoms with Crippen molar-refractivity contribution < 1.29 is 14.3 Å². The van der Waals surface area contributed by atoms with E-state index in [2.05, 4.69) is 5.32 Å². The van der Waals surface area contributed by atoms with Crippen molar-refractivity contribution in [3.63, 3.8) is 0 Å². The molecule has 2 aliphatic heterocycles. The van der Waals surface area contributed by atoms with Gasteiger partial charge in [-0.1, -0.05) is 6.08 Å². The Balaban J connectivity index is 1.84. The predicted molar refractivity (Wildman–Crippen MR) is 62.1 cm³/mol. The van der Waals surface area contributed by atoms with Crippen molar-refractivity contribution in [2.75, 3.05) is 13.3 Å². The van der Waals surface area contributed by atoms with Crippen LogP contribution in [-0.2, 0) is 0 Å². The number of rotatable bonds is 2. The van der Waals surface area contributed by atoms with Crippen molar-refractivity contribution in [2.24, 2.45) is 5.92 Å². The minimum Gasteiger partial charge on any atom is -0.454 e. The van der Waals surface area contributed by atoms with E-state index in [1.807, 2.05) is 12.3 Å². The number of carbonyl (C=O) groups excluding carboxylic acids is 1. The zero-order chi connectivity index (χ0) is 11.7. The van der Waals surface area contributed by atoms with Crippen LogP contribution in [0, 0.1) is 5.92 Å². The first-order valence-electron chi connectivity index (χ1n) is 5.67. The van der Waals surface area contributed by atoms with Gasteiger partial charge in [0, 0.05) is 18.0 Å². The molecular formula is C13H13NO3. The summed E-state index contributed by atoms with van der Waals surface area (Å²) >= 11 is 0. The highest BCUT2D eigenvalue weighted by atomic mass is 16.7. The van der Waals surface area contributed by atoms with Crippen molar-refractivity contribution in [1.82, 2.24) is 5.32 Å². The van der Waals surface area contributed by atoms with Gasteiger partial charge in [0.2, 0.25) is 6.79 Å². The third-order valence-electron chi connectivity index (χ3n) is 3.05. The molecule has 2 aliphatic rings. The molecule has 2 heterocycles. The predicted octanol–water partition coefficient (Wildman–Crippen LogP) is 1.72. The smallest absolute Gasteiger partial charge is 0.231 e. The number of ketones is 1. The Morgan fingerprint density at radius 3 is 3.00 bits per heavy atom. The standard InChI is InChI=1S/C13H13NO3/c15-13(10-2-1-5-14-7-10)9-3-4-11-12(6-9)17-8-16-11/h1,3-6,10,14H,2,7-8H2. The van der Waals surface area contributed by atoms with Crippen LogP contribution < -0.4 is 14.8 Å². The van der Waals surface area contributed by atoms with Crippen LogP contribution in [0.5, 0.6) is 11.5 Å². The number of hydrogen-bond acceptors (Lipinski definition) is 4. The Morgan fingerprint density at radius 1 is 1.29 bits per heavy atom. The fourth-order valence-corrected chi connectivity index (χ4v) is 2.09. The van der Waals surface area contributed by atoms with Gasteiger partial charge >= 0.3 is 0 Å². The van der Waals surface area contributed by atoms with E-state index in [1.165, 1.54) is 0 Å². The number of ether oxygens (including phenoxy) is 2. The van der Waals surface area contributed by atoms with Crippen LogP contribution in [-0.4, -0.2) is 19.1 Å². The van der Waals surface area contributed by atoms with Gasteiger partial charge < -0.3 is 14.8 Å². The van der Waals surface area contributed by atoms with Crippen molar-refractivity contribution in [3.05, 3.63) is 36.0 Å². The van der Waals surface area contributed by atoms with Crippen LogP contribution in [0.4, 0.5) is 0 Å². The largest absolute Gasteiger partial charge is 0.454 e. The zero-order valence-electron chi connectivity index (χ0n) is 9.31. The molecule has 1 aromatic rings. The molecule has 17 heavy (non-hydrogen) atoms. The number of allylic oxidation sites excluding steroid dienone is 1. The second-order valence-corrected chi connectivity index (χ2v) is 4.18. The minimum atomic E-state index is 0.0142. The Bertz CT molecular complexity index is 482. The topological polar surface area (TPSA) is 47.6 Å². The lowest BCUT2D eigenvalue weighted by Gasteiger charge is -2.17. The molecule has 0 radical (unpaired) electrons. The van der Waals surface area contributed by atoms with E-state index in [4.69, 9.17) is 9.47 Å². The minimum absolute atomic E-state index is 0.0142. The molecule has 1 aromatic carbocycles. The maximum absolute atomic E-state index is 12.2. The third-order valence-corrected chi connectivity index (χ3v) is 3.05. The molecule has 4 nitrogen and oxygen atoms in total. The highest BCUT2D eigenvalue weighted by Gasteiger charge is 2.22. The third kappa shape index (κ3) is 1.86. The van der Waals surface area contributed by atoms with Crippen LogP contribution in [0.2, 0.25) is 0 Å². The average Bonchev–Trinajstić information content (AvgIpc) is 2.86. The average molecular weight is 231 g/mol. The summed E-state index contributed by atoms with van der Waals surface area (Å²) in [5.74, 6) is 1.54. The maximum atomic E-state index is 12.2. The molecule has 88 valence electrons. The molecule has 0 aromatic heterocycles. The highest BCUT2D eigenvalue weighted by Crippen LogP contribution is 2.33. The van der Waals surface area contributed by atoms with E-state index in [0.717, 1.165) is 6.42 Å². The molecule has 1 atom stereocenters. The fraction of sp³-hybridized carbons (Fsp3) is 0.308. The Hall–Kier alpha value is -1.97. The van der Waals surface area contributed by atoms with E-state index in [9.17, 15) is 4.79 Å². The number of benzene rings is 1. The summed E-state index contributed by atoms with van der Waals surface area (Å²) in [5.41, 5.74) is 0.691. The Labute approximate surface area is 99.2 Å². The van der Waals surface area contributed by atoms with E-state index in [1.54, 1.807) is 18.2 Å². The summed E-state index contributed by atoms with van der Waals surface area (Å²) in [7, 11) is 0. The Kier molecular flexibility index (Phi) is 2.48. The molecule has 3 rings (SSSR count). The second-order valence-electron chi connectivity index (χ2n) is 4.18. The van der Waals surface area contributed by atoms with E-state index in [-0.39, 0.29) is 18.5 Å². The van der Waals surface area contributed by atoms with Crippen LogP contribution in [0.3, 0.4) is 0 Å². The molecule has 4 heteroatoms. The Morgan fingerprint density at radius 2 is 2.18 bits per heavy atom. The van der Waals surface area contributed by atoms with Crippen LogP contribution in [0.1, 0.15) is 16.8 Å². The van der Waals surface area contributed by atoms with Gasteiger partial charge in [0.25, 0.3) is 0 Å².